The summed E-state index contributed by atoms with van der Waals surface area (Å²) in [5.41, 5.74) is 2.38. The number of likely N-dealkylation sites (tertiary alicyclic amines) is 1. The molecule has 0 saturated carbocycles. The number of piperidine rings is 1. The van der Waals surface area contributed by atoms with Gasteiger partial charge in [0.25, 0.3) is 0 Å². The van der Waals surface area contributed by atoms with Gasteiger partial charge >= 0.3 is 0 Å². The molecule has 0 N–H and O–H groups in total. The summed E-state index contributed by atoms with van der Waals surface area (Å²) in [5.74, 6) is 0.822. The van der Waals surface area contributed by atoms with Gasteiger partial charge in [0, 0.05) is 37.3 Å². The Labute approximate surface area is 152 Å². The van der Waals surface area contributed by atoms with Crippen LogP contribution < -0.4 is 0 Å². The van der Waals surface area contributed by atoms with E-state index in [0.717, 1.165) is 62.5 Å². The van der Waals surface area contributed by atoms with Crippen molar-refractivity contribution in [1.29, 1.82) is 0 Å². The predicted molar refractivity (Wildman–Crippen MR) is 98.1 cm³/mol. The zero-order valence-corrected chi connectivity index (χ0v) is 15.8. The van der Waals surface area contributed by atoms with Crippen molar-refractivity contribution in [2.45, 2.75) is 26.3 Å². The van der Waals surface area contributed by atoms with Gasteiger partial charge in [-0.15, -0.1) is 11.3 Å². The van der Waals surface area contributed by atoms with Gasteiger partial charge in [0.15, 0.2) is 10.1 Å². The Balaban J connectivity index is 1.34. The first-order chi connectivity index (χ1) is 11.7. The Morgan fingerprint density at radius 3 is 2.71 bits per heavy atom. The lowest BCUT2D eigenvalue weighted by Gasteiger charge is -2.36. The lowest BCUT2D eigenvalue weighted by atomic mass is 9.96. The number of hydrogen-bond acceptors (Lipinski definition) is 5. The molecule has 4 rings (SSSR count). The van der Waals surface area contributed by atoms with Crippen molar-refractivity contribution < 1.29 is 4.74 Å². The van der Waals surface area contributed by atoms with Gasteiger partial charge in [0.05, 0.1) is 18.9 Å². The summed E-state index contributed by atoms with van der Waals surface area (Å²) >= 11 is 8.05. The molecule has 0 unspecified atom stereocenters. The van der Waals surface area contributed by atoms with Crippen LogP contribution in [0.15, 0.2) is 5.38 Å². The maximum Gasteiger partial charge on any atom is 0.195 e. The summed E-state index contributed by atoms with van der Waals surface area (Å²) in [6.07, 6.45) is 2.55. The number of halogens is 1. The number of hydrogen-bond donors (Lipinski definition) is 0. The molecule has 7 heteroatoms. The van der Waals surface area contributed by atoms with Gasteiger partial charge in [-0.1, -0.05) is 11.6 Å². The molecule has 132 valence electrons. The van der Waals surface area contributed by atoms with E-state index in [1.807, 2.05) is 0 Å². The van der Waals surface area contributed by atoms with Crippen LogP contribution in [0.2, 0.25) is 5.15 Å². The van der Waals surface area contributed by atoms with E-state index in [-0.39, 0.29) is 0 Å². The van der Waals surface area contributed by atoms with Crippen LogP contribution in [0.3, 0.4) is 0 Å². The highest BCUT2D eigenvalue weighted by molar-refractivity contribution is 7.15. The number of morpholine rings is 1. The van der Waals surface area contributed by atoms with Gasteiger partial charge in [0.1, 0.15) is 0 Å². The van der Waals surface area contributed by atoms with Crippen molar-refractivity contribution in [3.05, 3.63) is 21.9 Å². The fraction of sp³-hybridized carbons (Fsp3) is 0.706. The third-order valence-corrected chi connectivity index (χ3v) is 6.53. The molecular weight excluding hydrogens is 344 g/mol. The average Bonchev–Trinajstić information content (AvgIpc) is 3.10. The molecule has 2 aliphatic heterocycles. The molecule has 0 amide bonds. The van der Waals surface area contributed by atoms with E-state index in [4.69, 9.17) is 16.3 Å². The number of ether oxygens (including phenoxy) is 1. The summed E-state index contributed by atoms with van der Waals surface area (Å²) in [5, 5.41) is 2.82. The second-order valence-corrected chi connectivity index (χ2v) is 8.17. The van der Waals surface area contributed by atoms with Crippen LogP contribution in [0.25, 0.3) is 4.96 Å². The van der Waals surface area contributed by atoms with Gasteiger partial charge < -0.3 is 4.74 Å². The van der Waals surface area contributed by atoms with Crippen LogP contribution in [-0.4, -0.2) is 65.1 Å². The predicted octanol–water partition coefficient (Wildman–Crippen LogP) is 2.90. The van der Waals surface area contributed by atoms with E-state index < -0.39 is 0 Å². The lowest BCUT2D eigenvalue weighted by molar-refractivity contribution is 0.0241. The number of nitrogens with zero attached hydrogens (tertiary/aromatic N) is 4. The number of thiazole rings is 1. The van der Waals surface area contributed by atoms with Crippen LogP contribution in [0.1, 0.15) is 24.2 Å². The third-order valence-electron chi connectivity index (χ3n) is 5.28. The zero-order chi connectivity index (χ0) is 16.5. The topological polar surface area (TPSA) is 33.0 Å². The molecule has 2 aromatic heterocycles. The second-order valence-electron chi connectivity index (χ2n) is 6.98. The molecule has 5 nitrogen and oxygen atoms in total. The second kappa shape index (κ2) is 7.30. The molecule has 0 bridgehead atoms. The molecule has 0 radical (unpaired) electrons. The zero-order valence-electron chi connectivity index (χ0n) is 14.2. The van der Waals surface area contributed by atoms with Crippen molar-refractivity contribution in [1.82, 2.24) is 19.2 Å². The van der Waals surface area contributed by atoms with Crippen molar-refractivity contribution in [3.8, 4) is 0 Å². The van der Waals surface area contributed by atoms with Gasteiger partial charge in [-0.25, -0.2) is 4.98 Å². The largest absolute Gasteiger partial charge is 0.379 e. The van der Waals surface area contributed by atoms with E-state index in [1.54, 1.807) is 11.3 Å². The van der Waals surface area contributed by atoms with Crippen LogP contribution in [0, 0.1) is 12.8 Å². The van der Waals surface area contributed by atoms with E-state index in [1.165, 1.54) is 25.1 Å². The number of rotatable bonds is 4. The smallest absolute Gasteiger partial charge is 0.195 e. The van der Waals surface area contributed by atoms with Crippen molar-refractivity contribution >= 4 is 27.9 Å². The van der Waals surface area contributed by atoms with Crippen molar-refractivity contribution in [3.63, 3.8) is 0 Å². The van der Waals surface area contributed by atoms with Gasteiger partial charge in [-0.05, 0) is 38.8 Å². The maximum absolute atomic E-state index is 6.39. The Kier molecular flexibility index (Phi) is 5.10. The summed E-state index contributed by atoms with van der Waals surface area (Å²) < 4.78 is 7.66. The summed E-state index contributed by atoms with van der Waals surface area (Å²) in [6, 6.07) is 0. The quantitative estimate of drug-likeness (QED) is 0.830. The summed E-state index contributed by atoms with van der Waals surface area (Å²) in [6.45, 7) is 10.6. The monoisotopic (exact) mass is 368 g/mol. The molecule has 2 aromatic rings. The molecule has 0 spiro atoms. The SMILES string of the molecule is Cc1csc2nc(Cl)c(CN3CCC(CN4CCOCC4)CC3)n12. The first kappa shape index (κ1) is 16.8. The molecule has 0 aromatic carbocycles. The van der Waals surface area contributed by atoms with E-state index in [0.29, 0.717) is 5.15 Å². The highest BCUT2D eigenvalue weighted by atomic mass is 35.5. The average molecular weight is 369 g/mol. The van der Waals surface area contributed by atoms with Crippen LogP contribution >= 0.6 is 22.9 Å². The first-order valence-corrected chi connectivity index (χ1v) is 10.1. The van der Waals surface area contributed by atoms with Gasteiger partial charge in [-0.3, -0.25) is 14.2 Å². The maximum atomic E-state index is 6.39. The molecule has 2 fully saturated rings. The Hall–Kier alpha value is -0.660. The molecule has 0 aliphatic carbocycles. The van der Waals surface area contributed by atoms with Gasteiger partial charge in [-0.2, -0.15) is 0 Å². The van der Waals surface area contributed by atoms with Crippen molar-refractivity contribution in [2.75, 3.05) is 45.9 Å². The number of fused-ring (bicyclic) bond motifs is 1. The summed E-state index contributed by atoms with van der Waals surface area (Å²) in [7, 11) is 0. The van der Waals surface area contributed by atoms with Crippen LogP contribution in [0.4, 0.5) is 0 Å². The van der Waals surface area contributed by atoms with Crippen LogP contribution in [-0.2, 0) is 11.3 Å². The molecule has 2 aliphatic rings. The minimum Gasteiger partial charge on any atom is -0.379 e. The Morgan fingerprint density at radius 1 is 1.21 bits per heavy atom. The fourth-order valence-electron chi connectivity index (χ4n) is 3.86. The molecular formula is C17H25ClN4OS. The van der Waals surface area contributed by atoms with Gasteiger partial charge in [0.2, 0.25) is 0 Å². The highest BCUT2D eigenvalue weighted by Crippen LogP contribution is 2.27. The summed E-state index contributed by atoms with van der Waals surface area (Å²) in [4.78, 5) is 10.6. The normalized spacial score (nSPS) is 21.8. The van der Waals surface area contributed by atoms with E-state index in [9.17, 15) is 0 Å². The number of aryl methyl sites for hydroxylation is 1. The minimum absolute atomic E-state index is 0.667. The number of aromatic nitrogens is 2. The minimum atomic E-state index is 0.667. The lowest BCUT2D eigenvalue weighted by Crippen LogP contribution is -2.42. The Bertz CT molecular complexity index is 686. The molecule has 2 saturated heterocycles. The molecule has 0 atom stereocenters. The standard InChI is InChI=1S/C17H25ClN4OS/c1-13-12-24-17-19-16(18)15(22(13)17)11-20-4-2-14(3-5-20)10-21-6-8-23-9-7-21/h12,14H,2-11H2,1H3. The third kappa shape index (κ3) is 3.48. The van der Waals surface area contributed by atoms with Crippen molar-refractivity contribution in [2.24, 2.45) is 5.92 Å². The van der Waals surface area contributed by atoms with Crippen LogP contribution in [0.5, 0.6) is 0 Å². The molecule has 24 heavy (non-hydrogen) atoms. The fourth-order valence-corrected chi connectivity index (χ4v) is 5.02. The first-order valence-electron chi connectivity index (χ1n) is 8.84. The Morgan fingerprint density at radius 2 is 1.96 bits per heavy atom. The molecule has 4 heterocycles. The number of imidazole rings is 1. The highest BCUT2D eigenvalue weighted by Gasteiger charge is 2.24. The van der Waals surface area contributed by atoms with E-state index >= 15 is 0 Å². The van der Waals surface area contributed by atoms with E-state index in [2.05, 4.69) is 31.5 Å².